The van der Waals surface area contributed by atoms with Gasteiger partial charge in [0.05, 0.1) is 13.0 Å². The van der Waals surface area contributed by atoms with Crippen molar-refractivity contribution in [1.29, 1.82) is 0 Å². The number of esters is 1. The number of carbonyl (C=O) groups excluding carboxylic acids is 1. The molecule has 1 atom stereocenters. The van der Waals surface area contributed by atoms with E-state index in [9.17, 15) is 4.79 Å². The van der Waals surface area contributed by atoms with E-state index in [1.54, 1.807) is 0 Å². The van der Waals surface area contributed by atoms with Gasteiger partial charge in [0, 0.05) is 17.3 Å². The molecule has 0 aromatic heterocycles. The van der Waals surface area contributed by atoms with Gasteiger partial charge >= 0.3 is 5.97 Å². The molecule has 0 bridgehead atoms. The number of hydrogen-bond donors (Lipinski definition) is 1. The molecule has 1 unspecified atom stereocenters. The maximum Gasteiger partial charge on any atom is 0.310 e. The number of benzene rings is 1. The highest BCUT2D eigenvalue weighted by molar-refractivity contribution is 6.30. The molecule has 0 saturated carbocycles. The van der Waals surface area contributed by atoms with Crippen LogP contribution in [0, 0.1) is 12.8 Å². The molecule has 0 radical (unpaired) electrons. The highest BCUT2D eigenvalue weighted by Crippen LogP contribution is 2.20. The molecule has 88 valence electrons. The predicted molar refractivity (Wildman–Crippen MR) is 65.9 cm³/mol. The van der Waals surface area contributed by atoms with Crippen LogP contribution < -0.4 is 5.32 Å². The molecule has 0 heterocycles. The van der Waals surface area contributed by atoms with Gasteiger partial charge in [0.25, 0.3) is 0 Å². The van der Waals surface area contributed by atoms with Crippen LogP contribution in [0.1, 0.15) is 12.5 Å². The quantitative estimate of drug-likeness (QED) is 0.824. The van der Waals surface area contributed by atoms with Gasteiger partial charge in [-0.05, 0) is 24.6 Å². The third-order valence-corrected chi connectivity index (χ3v) is 2.64. The number of nitrogens with one attached hydrogen (secondary N) is 1. The van der Waals surface area contributed by atoms with Gasteiger partial charge in [-0.1, -0.05) is 24.6 Å². The van der Waals surface area contributed by atoms with Crippen LogP contribution in [0.5, 0.6) is 0 Å². The number of ether oxygens (including phenoxy) is 1. The first-order valence-corrected chi connectivity index (χ1v) is 5.50. The van der Waals surface area contributed by atoms with E-state index in [0.29, 0.717) is 11.6 Å². The minimum absolute atomic E-state index is 0.177. The van der Waals surface area contributed by atoms with E-state index in [0.717, 1.165) is 11.3 Å². The molecule has 0 amide bonds. The highest BCUT2D eigenvalue weighted by atomic mass is 35.5. The average Bonchev–Trinajstić information content (AvgIpc) is 2.28. The number of carbonyl (C=O) groups is 1. The first-order chi connectivity index (χ1) is 7.54. The van der Waals surface area contributed by atoms with Crippen molar-refractivity contribution in [2.45, 2.75) is 13.8 Å². The summed E-state index contributed by atoms with van der Waals surface area (Å²) in [6, 6.07) is 5.63. The lowest BCUT2D eigenvalue weighted by Crippen LogP contribution is -2.21. The summed E-state index contributed by atoms with van der Waals surface area (Å²) in [6.45, 7) is 4.34. The Morgan fingerprint density at radius 1 is 1.56 bits per heavy atom. The van der Waals surface area contributed by atoms with Gasteiger partial charge in [-0.3, -0.25) is 4.79 Å². The van der Waals surface area contributed by atoms with Crippen LogP contribution in [0.15, 0.2) is 18.2 Å². The summed E-state index contributed by atoms with van der Waals surface area (Å²) in [5.74, 6) is -0.393. The number of anilines is 1. The van der Waals surface area contributed by atoms with Crippen molar-refractivity contribution in [2.24, 2.45) is 5.92 Å². The van der Waals surface area contributed by atoms with Gasteiger partial charge in [0.1, 0.15) is 0 Å². The van der Waals surface area contributed by atoms with E-state index in [4.69, 9.17) is 11.6 Å². The summed E-state index contributed by atoms with van der Waals surface area (Å²) in [4.78, 5) is 11.2. The number of rotatable bonds is 4. The van der Waals surface area contributed by atoms with E-state index in [1.165, 1.54) is 7.11 Å². The van der Waals surface area contributed by atoms with Crippen LogP contribution in [0.25, 0.3) is 0 Å². The van der Waals surface area contributed by atoms with Crippen molar-refractivity contribution in [3.63, 3.8) is 0 Å². The topological polar surface area (TPSA) is 38.3 Å². The molecule has 1 aromatic carbocycles. The molecular formula is C12H16ClNO2. The second kappa shape index (κ2) is 5.75. The minimum Gasteiger partial charge on any atom is -0.469 e. The summed E-state index contributed by atoms with van der Waals surface area (Å²) in [7, 11) is 1.39. The summed E-state index contributed by atoms with van der Waals surface area (Å²) in [6.07, 6.45) is 0. The first-order valence-electron chi connectivity index (χ1n) is 5.12. The zero-order chi connectivity index (χ0) is 12.1. The average molecular weight is 242 g/mol. The van der Waals surface area contributed by atoms with Crippen LogP contribution in [0.3, 0.4) is 0 Å². The maximum atomic E-state index is 11.2. The van der Waals surface area contributed by atoms with Gasteiger partial charge in [-0.15, -0.1) is 0 Å². The largest absolute Gasteiger partial charge is 0.469 e. The van der Waals surface area contributed by atoms with E-state index in [2.05, 4.69) is 10.1 Å². The first kappa shape index (κ1) is 12.8. The number of methoxy groups -OCH3 is 1. The van der Waals surface area contributed by atoms with Gasteiger partial charge in [0.15, 0.2) is 0 Å². The fraction of sp³-hybridized carbons (Fsp3) is 0.417. The molecule has 1 aromatic rings. The zero-order valence-corrected chi connectivity index (χ0v) is 10.5. The summed E-state index contributed by atoms with van der Waals surface area (Å²) >= 11 is 5.89. The number of aryl methyl sites for hydroxylation is 1. The molecule has 0 spiro atoms. The van der Waals surface area contributed by atoms with Crippen molar-refractivity contribution in [1.82, 2.24) is 0 Å². The Labute approximate surface area is 101 Å². The maximum absolute atomic E-state index is 11.2. The fourth-order valence-electron chi connectivity index (χ4n) is 1.33. The predicted octanol–water partition coefficient (Wildman–Crippen LogP) is 2.87. The number of halogens is 1. The Balaban J connectivity index is 2.60. The SMILES string of the molecule is COC(=O)C(C)CNc1cc(Cl)ccc1C. The molecule has 3 nitrogen and oxygen atoms in total. The van der Waals surface area contributed by atoms with Crippen LogP contribution in [0.2, 0.25) is 5.02 Å². The Hall–Kier alpha value is -1.22. The molecule has 0 saturated heterocycles. The lowest BCUT2D eigenvalue weighted by molar-refractivity contribution is -0.144. The monoisotopic (exact) mass is 241 g/mol. The van der Waals surface area contributed by atoms with E-state index < -0.39 is 0 Å². The second-order valence-electron chi connectivity index (χ2n) is 3.76. The van der Waals surface area contributed by atoms with E-state index in [1.807, 2.05) is 32.0 Å². The van der Waals surface area contributed by atoms with Crippen LogP contribution in [-0.2, 0) is 9.53 Å². The third-order valence-electron chi connectivity index (χ3n) is 2.40. The van der Waals surface area contributed by atoms with Crippen LogP contribution in [0.4, 0.5) is 5.69 Å². The smallest absolute Gasteiger partial charge is 0.310 e. The molecule has 1 N–H and O–H groups in total. The molecule has 1 rings (SSSR count). The standard InChI is InChI=1S/C12H16ClNO2/c1-8-4-5-10(13)6-11(8)14-7-9(2)12(15)16-3/h4-6,9,14H,7H2,1-3H3. The zero-order valence-electron chi connectivity index (χ0n) is 9.71. The molecule has 0 aliphatic carbocycles. The van der Waals surface area contributed by atoms with Gasteiger partial charge in [-0.2, -0.15) is 0 Å². The molecular weight excluding hydrogens is 226 g/mol. The highest BCUT2D eigenvalue weighted by Gasteiger charge is 2.12. The van der Waals surface area contributed by atoms with E-state index in [-0.39, 0.29) is 11.9 Å². The third kappa shape index (κ3) is 3.42. The van der Waals surface area contributed by atoms with Crippen LogP contribution >= 0.6 is 11.6 Å². The Bertz CT molecular complexity index is 379. The molecule has 0 aliphatic rings. The Kier molecular flexibility index (Phi) is 4.62. The second-order valence-corrected chi connectivity index (χ2v) is 4.20. The van der Waals surface area contributed by atoms with E-state index >= 15 is 0 Å². The Morgan fingerprint density at radius 2 is 2.25 bits per heavy atom. The lowest BCUT2D eigenvalue weighted by Gasteiger charge is -2.13. The van der Waals surface area contributed by atoms with Gasteiger partial charge in [0.2, 0.25) is 0 Å². The molecule has 0 fully saturated rings. The van der Waals surface area contributed by atoms with Crippen molar-refractivity contribution in [3.05, 3.63) is 28.8 Å². The van der Waals surface area contributed by atoms with Crippen molar-refractivity contribution < 1.29 is 9.53 Å². The van der Waals surface area contributed by atoms with Gasteiger partial charge < -0.3 is 10.1 Å². The summed E-state index contributed by atoms with van der Waals surface area (Å²) < 4.78 is 4.65. The lowest BCUT2D eigenvalue weighted by atomic mass is 10.1. The normalized spacial score (nSPS) is 12.0. The summed E-state index contributed by atoms with van der Waals surface area (Å²) in [5.41, 5.74) is 2.05. The fourth-order valence-corrected chi connectivity index (χ4v) is 1.50. The molecule has 16 heavy (non-hydrogen) atoms. The van der Waals surface area contributed by atoms with Crippen molar-refractivity contribution in [3.8, 4) is 0 Å². The molecule has 0 aliphatic heterocycles. The Morgan fingerprint density at radius 3 is 2.88 bits per heavy atom. The van der Waals surface area contributed by atoms with Crippen molar-refractivity contribution in [2.75, 3.05) is 19.0 Å². The number of hydrogen-bond acceptors (Lipinski definition) is 3. The van der Waals surface area contributed by atoms with Gasteiger partial charge in [-0.25, -0.2) is 0 Å². The summed E-state index contributed by atoms with van der Waals surface area (Å²) in [5, 5.41) is 3.86. The van der Waals surface area contributed by atoms with Crippen molar-refractivity contribution >= 4 is 23.3 Å². The molecule has 4 heteroatoms. The van der Waals surface area contributed by atoms with Crippen LogP contribution in [-0.4, -0.2) is 19.6 Å². The minimum atomic E-state index is -0.216.